The summed E-state index contributed by atoms with van der Waals surface area (Å²) >= 11 is 0. The molecule has 1 atom stereocenters. The summed E-state index contributed by atoms with van der Waals surface area (Å²) in [5.41, 5.74) is 3.24. The van der Waals surface area contributed by atoms with Crippen molar-refractivity contribution >= 4 is 27.5 Å². The lowest BCUT2D eigenvalue weighted by Gasteiger charge is -2.33. The second-order valence-corrected chi connectivity index (χ2v) is 10.6. The van der Waals surface area contributed by atoms with Crippen molar-refractivity contribution < 1.29 is 18.0 Å². The Kier molecular flexibility index (Phi) is 10.1. The lowest BCUT2D eigenvalue weighted by molar-refractivity contribution is -0.140. The minimum Gasteiger partial charge on any atom is -0.354 e. The Balaban J connectivity index is 2.40. The van der Waals surface area contributed by atoms with Crippen molar-refractivity contribution in [1.29, 1.82) is 0 Å². The number of nitrogens with one attached hydrogen (secondary N) is 1. The van der Waals surface area contributed by atoms with E-state index < -0.39 is 22.0 Å². The van der Waals surface area contributed by atoms with Crippen molar-refractivity contribution in [1.82, 2.24) is 10.2 Å². The van der Waals surface area contributed by atoms with Crippen molar-refractivity contribution in [2.45, 2.75) is 59.5 Å². The van der Waals surface area contributed by atoms with Crippen LogP contribution in [0, 0.1) is 13.8 Å². The molecule has 34 heavy (non-hydrogen) atoms. The topological polar surface area (TPSA) is 86.8 Å². The minimum absolute atomic E-state index is 0.214. The van der Waals surface area contributed by atoms with Crippen LogP contribution in [-0.4, -0.2) is 50.5 Å². The molecule has 2 rings (SSSR count). The molecule has 2 aromatic rings. The van der Waals surface area contributed by atoms with Crippen LogP contribution >= 0.6 is 0 Å². The van der Waals surface area contributed by atoms with Gasteiger partial charge in [-0.1, -0.05) is 62.2 Å². The number of aryl methyl sites for hydroxylation is 2. The molecule has 0 saturated carbocycles. The van der Waals surface area contributed by atoms with Gasteiger partial charge in [-0.3, -0.25) is 13.9 Å². The molecule has 0 heterocycles. The first kappa shape index (κ1) is 27.4. The quantitative estimate of drug-likeness (QED) is 0.462. The smallest absolute Gasteiger partial charge is 0.244 e. The number of hydrogen-bond donors (Lipinski definition) is 1. The zero-order chi connectivity index (χ0) is 25.3. The van der Waals surface area contributed by atoms with E-state index in [0.717, 1.165) is 40.1 Å². The average molecular weight is 488 g/mol. The van der Waals surface area contributed by atoms with Crippen LogP contribution in [-0.2, 0) is 26.2 Å². The molecule has 0 radical (unpaired) electrons. The molecule has 0 aliphatic heterocycles. The Labute approximate surface area is 204 Å². The molecule has 0 aromatic heterocycles. The van der Waals surface area contributed by atoms with Crippen molar-refractivity contribution in [3.63, 3.8) is 0 Å². The van der Waals surface area contributed by atoms with Crippen molar-refractivity contribution in [2.75, 3.05) is 23.7 Å². The summed E-state index contributed by atoms with van der Waals surface area (Å²) in [7, 11) is -3.73. The van der Waals surface area contributed by atoms with Gasteiger partial charge in [0.25, 0.3) is 0 Å². The van der Waals surface area contributed by atoms with E-state index in [0.29, 0.717) is 18.7 Å². The second-order valence-electron chi connectivity index (χ2n) is 8.69. The van der Waals surface area contributed by atoms with E-state index in [9.17, 15) is 18.0 Å². The number of unbranched alkanes of at least 4 members (excludes halogenated alkanes) is 1. The summed E-state index contributed by atoms with van der Waals surface area (Å²) in [6, 6.07) is 14.1. The number of carbonyl (C=O) groups excluding carboxylic acids is 2. The van der Waals surface area contributed by atoms with E-state index in [4.69, 9.17) is 0 Å². The van der Waals surface area contributed by atoms with E-state index in [-0.39, 0.29) is 19.0 Å². The summed E-state index contributed by atoms with van der Waals surface area (Å²) in [4.78, 5) is 28.1. The molecule has 2 amide bonds. The van der Waals surface area contributed by atoms with Crippen LogP contribution in [0.5, 0.6) is 0 Å². The van der Waals surface area contributed by atoms with E-state index in [1.807, 2.05) is 58.0 Å². The number of nitrogens with zero attached hydrogens (tertiary/aromatic N) is 2. The van der Waals surface area contributed by atoms with Gasteiger partial charge in [0.05, 0.1) is 11.9 Å². The second kappa shape index (κ2) is 12.6. The van der Waals surface area contributed by atoms with Crippen LogP contribution in [0.3, 0.4) is 0 Å². The van der Waals surface area contributed by atoms with Gasteiger partial charge in [-0.05, 0) is 49.9 Å². The molecule has 8 heteroatoms. The van der Waals surface area contributed by atoms with Gasteiger partial charge in [0.1, 0.15) is 12.6 Å². The summed E-state index contributed by atoms with van der Waals surface area (Å²) < 4.78 is 26.4. The molecule has 0 unspecified atom stereocenters. The standard InChI is InChI=1S/C26H37N3O4S/c1-6-8-15-27-26(31)24(7-2)28(18-22-13-9-11-20(3)16-22)25(30)19-29(34(5,32)33)23-14-10-12-21(4)17-23/h9-14,16-17,24H,6-8,15,18-19H2,1-5H3,(H,27,31)/t24-/m1/s1. The summed E-state index contributed by atoms with van der Waals surface area (Å²) in [6.07, 6.45) is 3.30. The monoisotopic (exact) mass is 487 g/mol. The van der Waals surface area contributed by atoms with Crippen molar-refractivity contribution in [3.05, 3.63) is 65.2 Å². The minimum atomic E-state index is -3.73. The molecule has 1 N–H and O–H groups in total. The van der Waals surface area contributed by atoms with Crippen molar-refractivity contribution in [2.24, 2.45) is 0 Å². The van der Waals surface area contributed by atoms with E-state index in [1.165, 1.54) is 4.90 Å². The molecule has 0 spiro atoms. The van der Waals surface area contributed by atoms with Crippen LogP contribution in [0.25, 0.3) is 0 Å². The zero-order valence-electron chi connectivity index (χ0n) is 20.9. The fourth-order valence-corrected chi connectivity index (χ4v) is 4.67. The van der Waals surface area contributed by atoms with Gasteiger partial charge in [0.15, 0.2) is 0 Å². The predicted molar refractivity (Wildman–Crippen MR) is 137 cm³/mol. The third-order valence-electron chi connectivity index (χ3n) is 5.62. The Bertz CT molecular complexity index is 1080. The highest BCUT2D eigenvalue weighted by atomic mass is 32.2. The fourth-order valence-electron chi connectivity index (χ4n) is 3.83. The van der Waals surface area contributed by atoms with Gasteiger partial charge in [-0.25, -0.2) is 8.42 Å². The summed E-state index contributed by atoms with van der Waals surface area (Å²) in [5.74, 6) is -0.649. The summed E-state index contributed by atoms with van der Waals surface area (Å²) in [6.45, 7) is 8.10. The molecule has 2 aromatic carbocycles. The Morgan fingerprint density at radius 3 is 2.21 bits per heavy atom. The van der Waals surface area contributed by atoms with Crippen molar-refractivity contribution in [3.8, 4) is 0 Å². The SMILES string of the molecule is CCCCNC(=O)[C@@H](CC)N(Cc1cccc(C)c1)C(=O)CN(c1cccc(C)c1)S(C)(=O)=O. The van der Waals surface area contributed by atoms with E-state index >= 15 is 0 Å². The highest BCUT2D eigenvalue weighted by Gasteiger charge is 2.31. The highest BCUT2D eigenvalue weighted by Crippen LogP contribution is 2.21. The normalized spacial score (nSPS) is 12.1. The Morgan fingerprint density at radius 1 is 1.00 bits per heavy atom. The first-order valence-electron chi connectivity index (χ1n) is 11.7. The van der Waals surface area contributed by atoms with E-state index in [2.05, 4.69) is 5.32 Å². The maximum atomic E-state index is 13.6. The van der Waals surface area contributed by atoms with Crippen LogP contribution < -0.4 is 9.62 Å². The lowest BCUT2D eigenvalue weighted by Crippen LogP contribution is -2.52. The zero-order valence-corrected chi connectivity index (χ0v) is 21.7. The molecular weight excluding hydrogens is 450 g/mol. The average Bonchev–Trinajstić information content (AvgIpc) is 2.76. The van der Waals surface area contributed by atoms with Crippen LogP contribution in [0.15, 0.2) is 48.5 Å². The molecule has 0 aliphatic carbocycles. The largest absolute Gasteiger partial charge is 0.354 e. The number of anilines is 1. The van der Waals surface area contributed by atoms with Gasteiger partial charge < -0.3 is 10.2 Å². The lowest BCUT2D eigenvalue weighted by atomic mass is 10.1. The van der Waals surface area contributed by atoms with Gasteiger partial charge in [-0.2, -0.15) is 0 Å². The molecule has 0 bridgehead atoms. The molecule has 0 fully saturated rings. The van der Waals surface area contributed by atoms with Crippen LogP contribution in [0.2, 0.25) is 0 Å². The number of sulfonamides is 1. The third kappa shape index (κ3) is 7.87. The number of amides is 2. The van der Waals surface area contributed by atoms with Gasteiger partial charge >= 0.3 is 0 Å². The number of hydrogen-bond acceptors (Lipinski definition) is 4. The Morgan fingerprint density at radius 2 is 1.65 bits per heavy atom. The van der Waals surface area contributed by atoms with Crippen LogP contribution in [0.4, 0.5) is 5.69 Å². The van der Waals surface area contributed by atoms with Gasteiger partial charge in [0, 0.05) is 13.1 Å². The molecule has 186 valence electrons. The van der Waals surface area contributed by atoms with E-state index in [1.54, 1.807) is 18.2 Å². The first-order chi connectivity index (χ1) is 16.1. The fraction of sp³-hybridized carbons (Fsp3) is 0.462. The predicted octanol–water partition coefficient (Wildman–Crippen LogP) is 3.79. The number of benzene rings is 2. The molecule has 0 aliphatic rings. The Hall–Kier alpha value is -2.87. The maximum absolute atomic E-state index is 13.6. The van der Waals surface area contributed by atoms with Crippen LogP contribution in [0.1, 0.15) is 49.8 Å². The first-order valence-corrected chi connectivity index (χ1v) is 13.6. The number of carbonyl (C=O) groups is 2. The third-order valence-corrected chi connectivity index (χ3v) is 6.76. The number of rotatable bonds is 12. The highest BCUT2D eigenvalue weighted by molar-refractivity contribution is 7.92. The molecular formula is C26H37N3O4S. The molecule has 7 nitrogen and oxygen atoms in total. The van der Waals surface area contributed by atoms with Gasteiger partial charge in [0.2, 0.25) is 21.8 Å². The maximum Gasteiger partial charge on any atom is 0.244 e. The molecule has 0 saturated heterocycles. The van der Waals surface area contributed by atoms with Gasteiger partial charge in [-0.15, -0.1) is 0 Å². The summed E-state index contributed by atoms with van der Waals surface area (Å²) in [5, 5.41) is 2.93.